The van der Waals surface area contributed by atoms with Gasteiger partial charge in [0.05, 0.1) is 40.3 Å². The predicted octanol–water partition coefficient (Wildman–Crippen LogP) is 8.23. The van der Waals surface area contributed by atoms with Crippen LogP contribution in [0.1, 0.15) is 104 Å². The van der Waals surface area contributed by atoms with Crippen molar-refractivity contribution in [3.05, 3.63) is 97.2 Å². The first-order valence-corrected chi connectivity index (χ1v) is 18.8. The highest BCUT2D eigenvalue weighted by Gasteiger charge is 2.25. The number of ether oxygens (including phenoxy) is 3. The number of nitrogens with zero attached hydrogens (tertiary/aromatic N) is 1. The minimum atomic E-state index is -1.15. The van der Waals surface area contributed by atoms with Crippen molar-refractivity contribution in [2.45, 2.75) is 116 Å². The molecule has 0 aromatic carbocycles. The van der Waals surface area contributed by atoms with Gasteiger partial charge in [0.15, 0.2) is 6.10 Å². The van der Waals surface area contributed by atoms with Gasteiger partial charge in [0.1, 0.15) is 12.6 Å². The summed E-state index contributed by atoms with van der Waals surface area (Å²) >= 11 is 0. The number of hydrogen-bond donors (Lipinski definition) is 0. The fourth-order valence-electron chi connectivity index (χ4n) is 4.70. The Morgan fingerprint density at radius 2 is 1.16 bits per heavy atom. The molecule has 0 spiro atoms. The zero-order valence-electron chi connectivity index (χ0n) is 32.2. The van der Waals surface area contributed by atoms with E-state index in [1.807, 2.05) is 54.7 Å². The molecule has 0 saturated carbocycles. The van der Waals surface area contributed by atoms with Crippen molar-refractivity contribution in [3.63, 3.8) is 0 Å². The number of carbonyl (C=O) groups is 3. The van der Waals surface area contributed by atoms with Gasteiger partial charge < -0.3 is 28.6 Å². The second kappa shape index (κ2) is 33.4. The monoisotopic (exact) mass is 709 g/mol. The molecule has 0 N–H and O–H groups in total. The summed E-state index contributed by atoms with van der Waals surface area (Å²) in [5, 5.41) is 11.6. The third kappa shape index (κ3) is 31.9. The fourth-order valence-corrected chi connectivity index (χ4v) is 4.70. The molecule has 0 rings (SSSR count). The Hall–Kier alpha value is -3.75. The van der Waals surface area contributed by atoms with Crippen molar-refractivity contribution in [1.29, 1.82) is 0 Å². The SMILES string of the molecule is CC/C=C/C=C/C=C/C=C/C=C/CCCC(=O)OC(COCCC(C(=O)[O-])[N+](C)(C)C)COC(=O)CCCCCC/C=C/C/C=C/C/C=C/CC. The number of carboxylic acids is 1. The number of allylic oxidation sites excluding steroid dienone is 16. The van der Waals surface area contributed by atoms with Crippen LogP contribution in [-0.2, 0) is 28.6 Å². The molecular weight excluding hydrogens is 642 g/mol. The number of unbranched alkanes of at least 4 members (excludes halogenated alkanes) is 5. The first-order valence-electron chi connectivity index (χ1n) is 18.8. The van der Waals surface area contributed by atoms with Crippen LogP contribution in [0, 0.1) is 0 Å². The zero-order valence-corrected chi connectivity index (χ0v) is 32.2. The van der Waals surface area contributed by atoms with Gasteiger partial charge in [-0.3, -0.25) is 9.59 Å². The molecule has 2 unspecified atom stereocenters. The average Bonchev–Trinajstić information content (AvgIpc) is 3.08. The van der Waals surface area contributed by atoms with Crippen LogP contribution in [0.4, 0.5) is 0 Å². The lowest BCUT2D eigenvalue weighted by Gasteiger charge is -2.34. The van der Waals surface area contributed by atoms with Crippen molar-refractivity contribution in [2.24, 2.45) is 0 Å². The lowest BCUT2D eigenvalue weighted by Crippen LogP contribution is -2.55. The first kappa shape index (κ1) is 47.2. The second-order valence-corrected chi connectivity index (χ2v) is 13.2. The van der Waals surface area contributed by atoms with Crippen LogP contribution in [0.2, 0.25) is 0 Å². The number of rotatable bonds is 31. The van der Waals surface area contributed by atoms with E-state index >= 15 is 0 Å². The number of carboxylic acid groups (broad SMARTS) is 1. The molecule has 0 amide bonds. The van der Waals surface area contributed by atoms with E-state index in [1.165, 1.54) is 0 Å². The minimum Gasteiger partial charge on any atom is -0.544 e. The maximum atomic E-state index is 12.6. The summed E-state index contributed by atoms with van der Waals surface area (Å²) in [6, 6.07) is -0.747. The standard InChI is InChI=1S/C43H67NO7/c1-6-8-10-12-14-16-18-20-22-23-25-27-29-31-33-41(45)50-38-39(37-49-36-35-40(43(47)48)44(3,4)5)51-42(46)34-32-30-28-26-24-21-19-17-15-13-11-9-7-2/h8-11,13-17,19-22,24,26,28,39-40H,6-7,12,18,23,25,27,29-38H2,1-5H3/b10-8+,11-9+,15-13+,16-14+,19-17+,22-20+,24-21+,28-26+. The van der Waals surface area contributed by atoms with Crippen molar-refractivity contribution >= 4 is 17.9 Å². The summed E-state index contributed by atoms with van der Waals surface area (Å²) in [4.78, 5) is 36.6. The summed E-state index contributed by atoms with van der Waals surface area (Å²) < 4.78 is 17.0. The number of aliphatic carboxylic acids is 1. The average molecular weight is 710 g/mol. The van der Waals surface area contributed by atoms with Gasteiger partial charge in [-0.25, -0.2) is 0 Å². The molecular formula is C43H67NO7. The van der Waals surface area contributed by atoms with Gasteiger partial charge in [-0.1, -0.05) is 124 Å². The molecule has 2 atom stereocenters. The second-order valence-electron chi connectivity index (χ2n) is 13.2. The van der Waals surface area contributed by atoms with E-state index in [-0.39, 0.29) is 43.1 Å². The van der Waals surface area contributed by atoms with Crippen molar-refractivity contribution in [2.75, 3.05) is 41.0 Å². The summed E-state index contributed by atoms with van der Waals surface area (Å²) in [6.45, 7) is 4.25. The highest BCUT2D eigenvalue weighted by molar-refractivity contribution is 5.70. The molecule has 0 bridgehead atoms. The molecule has 0 fully saturated rings. The third-order valence-electron chi connectivity index (χ3n) is 7.59. The number of quaternary nitrogens is 1. The van der Waals surface area contributed by atoms with Gasteiger partial charge in [-0.05, 0) is 57.8 Å². The van der Waals surface area contributed by atoms with Gasteiger partial charge in [0.2, 0.25) is 0 Å². The molecule has 0 aromatic rings. The Kier molecular flexibility index (Phi) is 30.9. The number of esters is 2. The van der Waals surface area contributed by atoms with Crippen LogP contribution in [0.15, 0.2) is 97.2 Å². The van der Waals surface area contributed by atoms with Crippen LogP contribution >= 0.6 is 0 Å². The topological polar surface area (TPSA) is 102 Å². The highest BCUT2D eigenvalue weighted by Crippen LogP contribution is 2.10. The van der Waals surface area contributed by atoms with Crippen molar-refractivity contribution in [3.8, 4) is 0 Å². The van der Waals surface area contributed by atoms with Crippen molar-refractivity contribution in [1.82, 2.24) is 0 Å². The fraction of sp³-hybridized carbons (Fsp3) is 0.558. The number of hydrogen-bond acceptors (Lipinski definition) is 7. The Morgan fingerprint density at radius 1 is 0.608 bits per heavy atom. The van der Waals surface area contributed by atoms with E-state index in [9.17, 15) is 19.5 Å². The van der Waals surface area contributed by atoms with E-state index in [0.29, 0.717) is 19.3 Å². The lowest BCUT2D eigenvalue weighted by atomic mass is 10.1. The molecule has 286 valence electrons. The smallest absolute Gasteiger partial charge is 0.306 e. The molecule has 0 aliphatic heterocycles. The molecule has 0 aromatic heterocycles. The number of likely N-dealkylation sites (N-methyl/N-ethyl adjacent to an activating group) is 1. The quantitative estimate of drug-likeness (QED) is 0.0235. The van der Waals surface area contributed by atoms with Crippen LogP contribution < -0.4 is 5.11 Å². The molecule has 0 aliphatic carbocycles. The molecule has 8 heteroatoms. The van der Waals surface area contributed by atoms with Crippen LogP contribution in [0.5, 0.6) is 0 Å². The highest BCUT2D eigenvalue weighted by atomic mass is 16.6. The lowest BCUT2D eigenvalue weighted by molar-refractivity contribution is -0.889. The first-order chi connectivity index (χ1) is 24.6. The van der Waals surface area contributed by atoms with E-state index in [1.54, 1.807) is 21.1 Å². The predicted molar refractivity (Wildman–Crippen MR) is 208 cm³/mol. The third-order valence-corrected chi connectivity index (χ3v) is 7.59. The van der Waals surface area contributed by atoms with Gasteiger partial charge in [-0.2, -0.15) is 0 Å². The largest absolute Gasteiger partial charge is 0.544 e. The van der Waals surface area contributed by atoms with Crippen LogP contribution in [-0.4, -0.2) is 75.5 Å². The van der Waals surface area contributed by atoms with Gasteiger partial charge >= 0.3 is 11.9 Å². The molecule has 0 heterocycles. The Bertz CT molecular complexity index is 1150. The molecule has 0 radical (unpaired) electrons. The van der Waals surface area contributed by atoms with Crippen LogP contribution in [0.25, 0.3) is 0 Å². The minimum absolute atomic E-state index is 0.00254. The maximum absolute atomic E-state index is 12.6. The molecule has 8 nitrogen and oxygen atoms in total. The maximum Gasteiger partial charge on any atom is 0.306 e. The molecule has 0 aliphatic rings. The van der Waals surface area contributed by atoms with Crippen LogP contribution in [0.3, 0.4) is 0 Å². The summed E-state index contributed by atoms with van der Waals surface area (Å²) in [7, 11) is 5.35. The Balaban J connectivity index is 4.62. The van der Waals surface area contributed by atoms with E-state index < -0.39 is 24.1 Å². The zero-order chi connectivity index (χ0) is 37.8. The van der Waals surface area contributed by atoms with Crippen molar-refractivity contribution < 1.29 is 38.2 Å². The summed E-state index contributed by atoms with van der Waals surface area (Å²) in [5.41, 5.74) is 0. The Morgan fingerprint density at radius 3 is 1.78 bits per heavy atom. The Labute approximate surface area is 309 Å². The van der Waals surface area contributed by atoms with E-state index in [2.05, 4.69) is 56.4 Å². The van der Waals surface area contributed by atoms with Gasteiger partial charge in [0.25, 0.3) is 0 Å². The van der Waals surface area contributed by atoms with Gasteiger partial charge in [-0.15, -0.1) is 0 Å². The molecule has 51 heavy (non-hydrogen) atoms. The van der Waals surface area contributed by atoms with Gasteiger partial charge in [0, 0.05) is 19.3 Å². The number of carbonyl (C=O) groups excluding carboxylic acids is 3. The molecule has 0 saturated heterocycles. The summed E-state index contributed by atoms with van der Waals surface area (Å²) in [6.07, 6.45) is 43.0. The van der Waals surface area contributed by atoms with E-state index in [0.717, 1.165) is 57.8 Å². The van der Waals surface area contributed by atoms with E-state index in [4.69, 9.17) is 14.2 Å². The normalized spacial score (nSPS) is 14.1. The summed E-state index contributed by atoms with van der Waals surface area (Å²) in [5.74, 6) is -1.88.